The Balaban J connectivity index is 1.90. The largest absolute Gasteiger partial charge is 0.316 e. The molecule has 1 aromatic carbocycles. The minimum Gasteiger partial charge on any atom is -0.316 e. The number of rotatable bonds is 5. The normalized spacial score (nSPS) is 10.6. The zero-order valence-electron chi connectivity index (χ0n) is 9.27. The Morgan fingerprint density at radius 1 is 1.19 bits per heavy atom. The van der Waals surface area contributed by atoms with Gasteiger partial charge in [-0.3, -0.25) is 0 Å². The summed E-state index contributed by atoms with van der Waals surface area (Å²) in [5.41, 5.74) is 1.34. The Hall–Kier alpha value is -0.770. The van der Waals surface area contributed by atoms with E-state index in [4.69, 9.17) is 0 Å². The van der Waals surface area contributed by atoms with Gasteiger partial charge in [0.1, 0.15) is 0 Å². The van der Waals surface area contributed by atoms with Gasteiger partial charge >= 0.3 is 0 Å². The quantitative estimate of drug-likeness (QED) is 0.810. The summed E-state index contributed by atoms with van der Waals surface area (Å²) in [7, 11) is 1.97. The van der Waals surface area contributed by atoms with Gasteiger partial charge in [0.25, 0.3) is 0 Å². The lowest BCUT2D eigenvalue weighted by Crippen LogP contribution is -2.04. The number of thioether (sulfide) groups is 1. The van der Waals surface area contributed by atoms with Crippen molar-refractivity contribution < 1.29 is 0 Å². The van der Waals surface area contributed by atoms with Crippen LogP contribution in [0.4, 0.5) is 0 Å². The lowest BCUT2D eigenvalue weighted by molar-refractivity contribution is 0.817. The molecule has 3 heteroatoms. The van der Waals surface area contributed by atoms with Crippen molar-refractivity contribution in [2.24, 2.45) is 0 Å². The number of hydrogen-bond donors (Lipinski definition) is 1. The van der Waals surface area contributed by atoms with E-state index in [-0.39, 0.29) is 0 Å². The third-order valence-electron chi connectivity index (χ3n) is 2.27. The summed E-state index contributed by atoms with van der Waals surface area (Å²) in [5, 5.41) is 5.28. The van der Waals surface area contributed by atoms with Crippen molar-refractivity contribution in [3.8, 4) is 0 Å². The van der Waals surface area contributed by atoms with Crippen LogP contribution in [0.3, 0.4) is 0 Å². The fraction of sp³-hybridized carbons (Fsp3) is 0.231. The lowest BCUT2D eigenvalue weighted by Gasteiger charge is -2.02. The lowest BCUT2D eigenvalue weighted by atomic mass is 10.2. The Morgan fingerprint density at radius 3 is 2.62 bits per heavy atom. The van der Waals surface area contributed by atoms with Crippen LogP contribution in [0.15, 0.2) is 46.7 Å². The second-order valence-corrected chi connectivity index (χ2v) is 5.62. The molecule has 2 rings (SSSR count). The van der Waals surface area contributed by atoms with Crippen molar-refractivity contribution in [1.29, 1.82) is 0 Å². The Bertz CT molecular complexity index is 406. The van der Waals surface area contributed by atoms with Gasteiger partial charge in [-0.15, -0.1) is 23.1 Å². The smallest absolute Gasteiger partial charge is 0.0326 e. The monoisotopic (exact) mass is 249 g/mol. The highest BCUT2D eigenvalue weighted by Crippen LogP contribution is 2.25. The van der Waals surface area contributed by atoms with Gasteiger partial charge in [0, 0.05) is 22.1 Å². The highest BCUT2D eigenvalue weighted by Gasteiger charge is 1.97. The van der Waals surface area contributed by atoms with Crippen molar-refractivity contribution in [3.63, 3.8) is 0 Å². The van der Waals surface area contributed by atoms with Crippen LogP contribution in [0.1, 0.15) is 10.4 Å². The van der Waals surface area contributed by atoms with Crippen LogP contribution in [0, 0.1) is 0 Å². The molecule has 0 unspecified atom stereocenters. The first kappa shape index (κ1) is 11.7. The minimum atomic E-state index is 0.940. The summed E-state index contributed by atoms with van der Waals surface area (Å²) >= 11 is 3.72. The molecule has 0 saturated heterocycles. The summed E-state index contributed by atoms with van der Waals surface area (Å²) < 4.78 is 0. The summed E-state index contributed by atoms with van der Waals surface area (Å²) in [5.74, 6) is 1.07. The van der Waals surface area contributed by atoms with E-state index in [1.54, 1.807) is 0 Å². The van der Waals surface area contributed by atoms with E-state index in [0.29, 0.717) is 0 Å². The van der Waals surface area contributed by atoms with E-state index in [9.17, 15) is 0 Å². The summed E-state index contributed by atoms with van der Waals surface area (Å²) in [6.07, 6.45) is 0. The van der Waals surface area contributed by atoms with E-state index in [0.717, 1.165) is 12.3 Å². The van der Waals surface area contributed by atoms with Crippen LogP contribution >= 0.6 is 23.1 Å². The molecule has 2 aromatic rings. The standard InChI is InChI=1S/C13H15NS2/c1-14-9-11-4-6-12(7-5-11)16-10-13-3-2-8-15-13/h2-8,14H,9-10H2,1H3. The third kappa shape index (κ3) is 3.37. The highest BCUT2D eigenvalue weighted by molar-refractivity contribution is 7.98. The van der Waals surface area contributed by atoms with Gasteiger partial charge in [0.15, 0.2) is 0 Å². The minimum absolute atomic E-state index is 0.940. The topological polar surface area (TPSA) is 12.0 Å². The van der Waals surface area contributed by atoms with Crippen LogP contribution < -0.4 is 5.32 Å². The first-order chi connectivity index (χ1) is 7.88. The fourth-order valence-corrected chi connectivity index (χ4v) is 3.13. The predicted molar refractivity (Wildman–Crippen MR) is 73.1 cm³/mol. The second-order valence-electron chi connectivity index (χ2n) is 3.54. The van der Waals surface area contributed by atoms with Gasteiger partial charge in [0.05, 0.1) is 0 Å². The van der Waals surface area contributed by atoms with Gasteiger partial charge < -0.3 is 5.32 Å². The molecule has 0 bridgehead atoms. The number of hydrogen-bond acceptors (Lipinski definition) is 3. The van der Waals surface area contributed by atoms with Crippen LogP contribution in [0.2, 0.25) is 0 Å². The molecule has 1 aromatic heterocycles. The maximum Gasteiger partial charge on any atom is 0.0326 e. The average molecular weight is 249 g/mol. The Morgan fingerprint density at radius 2 is 2.00 bits per heavy atom. The summed E-state index contributed by atoms with van der Waals surface area (Å²) in [4.78, 5) is 2.78. The van der Waals surface area contributed by atoms with Crippen LogP contribution in [0.5, 0.6) is 0 Å². The molecule has 0 spiro atoms. The van der Waals surface area contributed by atoms with E-state index in [1.807, 2.05) is 30.1 Å². The van der Waals surface area contributed by atoms with Gasteiger partial charge in [-0.2, -0.15) is 0 Å². The molecular formula is C13H15NS2. The van der Waals surface area contributed by atoms with Crippen molar-refractivity contribution in [1.82, 2.24) is 5.32 Å². The van der Waals surface area contributed by atoms with Crippen LogP contribution in [-0.2, 0) is 12.3 Å². The van der Waals surface area contributed by atoms with Crippen molar-refractivity contribution in [2.45, 2.75) is 17.2 Å². The molecule has 0 aliphatic rings. The SMILES string of the molecule is CNCc1ccc(SCc2cccs2)cc1. The predicted octanol–water partition coefficient (Wildman–Crippen LogP) is 3.76. The molecule has 84 valence electrons. The maximum absolute atomic E-state index is 3.15. The van der Waals surface area contributed by atoms with Crippen molar-refractivity contribution in [3.05, 3.63) is 52.2 Å². The Labute approximate surface area is 105 Å². The van der Waals surface area contributed by atoms with Crippen LogP contribution in [0.25, 0.3) is 0 Å². The first-order valence-electron chi connectivity index (χ1n) is 5.27. The van der Waals surface area contributed by atoms with Crippen LogP contribution in [-0.4, -0.2) is 7.05 Å². The molecular weight excluding hydrogens is 234 g/mol. The van der Waals surface area contributed by atoms with Crippen molar-refractivity contribution >= 4 is 23.1 Å². The number of benzene rings is 1. The molecule has 16 heavy (non-hydrogen) atoms. The Kier molecular flexibility index (Phi) is 4.45. The molecule has 0 amide bonds. The molecule has 0 aliphatic carbocycles. The highest BCUT2D eigenvalue weighted by atomic mass is 32.2. The van der Waals surface area contributed by atoms with Crippen molar-refractivity contribution in [2.75, 3.05) is 7.05 Å². The van der Waals surface area contributed by atoms with Gasteiger partial charge in [-0.05, 0) is 36.2 Å². The molecule has 0 fully saturated rings. The molecule has 1 heterocycles. The van der Waals surface area contributed by atoms with E-state index >= 15 is 0 Å². The molecule has 1 N–H and O–H groups in total. The van der Waals surface area contributed by atoms with Gasteiger partial charge in [-0.25, -0.2) is 0 Å². The fourth-order valence-electron chi connectivity index (χ4n) is 1.46. The van der Waals surface area contributed by atoms with Gasteiger partial charge in [0.2, 0.25) is 0 Å². The summed E-state index contributed by atoms with van der Waals surface area (Å²) in [6.45, 7) is 0.940. The van der Waals surface area contributed by atoms with E-state index < -0.39 is 0 Å². The maximum atomic E-state index is 3.15. The van der Waals surface area contributed by atoms with E-state index in [2.05, 4.69) is 47.1 Å². The average Bonchev–Trinajstić information content (AvgIpc) is 2.82. The molecule has 0 radical (unpaired) electrons. The van der Waals surface area contributed by atoms with Gasteiger partial charge in [-0.1, -0.05) is 18.2 Å². The van der Waals surface area contributed by atoms with E-state index in [1.165, 1.54) is 15.3 Å². The third-order valence-corrected chi connectivity index (χ3v) is 4.39. The molecule has 0 saturated carbocycles. The second kappa shape index (κ2) is 6.09. The number of nitrogens with one attached hydrogen (secondary N) is 1. The molecule has 0 aliphatic heterocycles. The molecule has 0 atom stereocenters. The zero-order chi connectivity index (χ0) is 11.2. The molecule has 1 nitrogen and oxygen atoms in total. The first-order valence-corrected chi connectivity index (χ1v) is 7.14. The zero-order valence-corrected chi connectivity index (χ0v) is 10.9. The summed E-state index contributed by atoms with van der Waals surface area (Å²) in [6, 6.07) is 13.1. The number of thiophene rings is 1.